The van der Waals surface area contributed by atoms with Gasteiger partial charge >= 0.3 is 0 Å². The van der Waals surface area contributed by atoms with Crippen molar-refractivity contribution in [3.8, 4) is 28.7 Å². The highest BCUT2D eigenvalue weighted by Gasteiger charge is 2.34. The van der Waals surface area contributed by atoms with Crippen molar-refractivity contribution in [3.05, 3.63) is 27.5 Å². The standard InChI is InChI=1S/C21H29NO5S2/c1-23-13-10-12(11-14(24-2)18(13)25-3)15-6-7-17(28-15)21-20(27-5)19(26-4)16(29-21)8-9-22/h10-11,15,17H,6-9,22H2,1-5H3/t15-,17-/m1/s1. The Bertz CT molecular complexity index is 814. The molecule has 29 heavy (non-hydrogen) atoms. The Labute approximate surface area is 180 Å². The Balaban J connectivity index is 1.89. The van der Waals surface area contributed by atoms with Crippen molar-refractivity contribution in [2.24, 2.45) is 5.73 Å². The van der Waals surface area contributed by atoms with Gasteiger partial charge < -0.3 is 29.4 Å². The van der Waals surface area contributed by atoms with E-state index in [1.165, 1.54) is 10.4 Å². The van der Waals surface area contributed by atoms with Crippen LogP contribution in [0.1, 0.15) is 38.7 Å². The smallest absolute Gasteiger partial charge is 0.203 e. The molecule has 0 saturated carbocycles. The van der Waals surface area contributed by atoms with Crippen LogP contribution < -0.4 is 29.4 Å². The van der Waals surface area contributed by atoms with Crippen LogP contribution in [0.2, 0.25) is 0 Å². The minimum Gasteiger partial charge on any atom is -0.493 e. The molecular formula is C21H29NO5S2. The SMILES string of the molecule is COc1cc([C@H]2CC[C@H](c3sc(CCN)c(OC)c3OC)S2)cc(OC)c1OC. The van der Waals surface area contributed by atoms with E-state index in [9.17, 15) is 0 Å². The molecule has 8 heteroatoms. The van der Waals surface area contributed by atoms with E-state index in [2.05, 4.69) is 0 Å². The highest BCUT2D eigenvalue weighted by Crippen LogP contribution is 2.59. The molecule has 6 nitrogen and oxygen atoms in total. The van der Waals surface area contributed by atoms with Crippen molar-refractivity contribution >= 4 is 23.1 Å². The highest BCUT2D eigenvalue weighted by molar-refractivity contribution is 8.00. The molecule has 2 aromatic rings. The fourth-order valence-electron chi connectivity index (χ4n) is 3.73. The van der Waals surface area contributed by atoms with Gasteiger partial charge in [0.1, 0.15) is 0 Å². The van der Waals surface area contributed by atoms with E-state index in [1.807, 2.05) is 23.9 Å². The number of ether oxygens (including phenoxy) is 5. The van der Waals surface area contributed by atoms with Crippen LogP contribution in [0.15, 0.2) is 12.1 Å². The molecule has 1 fully saturated rings. The summed E-state index contributed by atoms with van der Waals surface area (Å²) in [4.78, 5) is 2.38. The number of thioether (sulfide) groups is 1. The second-order valence-electron chi connectivity index (χ2n) is 6.64. The van der Waals surface area contributed by atoms with E-state index in [-0.39, 0.29) is 0 Å². The Kier molecular flexibility index (Phi) is 7.43. The molecule has 0 spiro atoms. The largest absolute Gasteiger partial charge is 0.493 e. The molecule has 1 saturated heterocycles. The number of benzene rings is 1. The lowest BCUT2D eigenvalue weighted by molar-refractivity contribution is 0.323. The molecule has 2 N–H and O–H groups in total. The van der Waals surface area contributed by atoms with Crippen LogP contribution in [0, 0.1) is 0 Å². The lowest BCUT2D eigenvalue weighted by Crippen LogP contribution is -2.02. The zero-order valence-corrected chi connectivity index (χ0v) is 19.2. The van der Waals surface area contributed by atoms with Crippen molar-refractivity contribution in [2.45, 2.75) is 29.8 Å². The third-order valence-corrected chi connectivity index (χ3v) is 8.18. The van der Waals surface area contributed by atoms with Gasteiger partial charge in [-0.3, -0.25) is 0 Å². The van der Waals surface area contributed by atoms with Gasteiger partial charge in [0, 0.05) is 10.5 Å². The summed E-state index contributed by atoms with van der Waals surface area (Å²) >= 11 is 3.70. The monoisotopic (exact) mass is 439 g/mol. The van der Waals surface area contributed by atoms with Crippen molar-refractivity contribution in [1.29, 1.82) is 0 Å². The Morgan fingerprint density at radius 1 is 0.828 bits per heavy atom. The zero-order chi connectivity index (χ0) is 21.0. The molecule has 0 amide bonds. The van der Waals surface area contributed by atoms with Gasteiger partial charge in [-0.15, -0.1) is 23.1 Å². The average molecular weight is 440 g/mol. The first-order valence-corrected chi connectivity index (χ1v) is 11.3. The molecule has 0 bridgehead atoms. The summed E-state index contributed by atoms with van der Waals surface area (Å²) in [6.45, 7) is 0.589. The van der Waals surface area contributed by atoms with Crippen LogP contribution in [-0.4, -0.2) is 42.1 Å². The van der Waals surface area contributed by atoms with Crippen LogP contribution in [0.5, 0.6) is 28.7 Å². The van der Waals surface area contributed by atoms with Crippen LogP contribution in [0.3, 0.4) is 0 Å². The van der Waals surface area contributed by atoms with Crippen LogP contribution in [-0.2, 0) is 6.42 Å². The van der Waals surface area contributed by atoms with Gasteiger partial charge in [0.25, 0.3) is 0 Å². The second kappa shape index (κ2) is 9.82. The molecule has 1 aliphatic rings. The Morgan fingerprint density at radius 2 is 1.41 bits per heavy atom. The Morgan fingerprint density at radius 3 is 1.93 bits per heavy atom. The summed E-state index contributed by atoms with van der Waals surface area (Å²) in [7, 11) is 8.31. The highest BCUT2D eigenvalue weighted by atomic mass is 32.2. The molecule has 2 heterocycles. The molecule has 1 aliphatic heterocycles. The van der Waals surface area contributed by atoms with Crippen LogP contribution in [0.25, 0.3) is 0 Å². The zero-order valence-electron chi connectivity index (χ0n) is 17.6. The minimum atomic E-state index is 0.337. The summed E-state index contributed by atoms with van der Waals surface area (Å²) in [6.07, 6.45) is 2.91. The van der Waals surface area contributed by atoms with Crippen LogP contribution in [0.4, 0.5) is 0 Å². The van der Waals surface area contributed by atoms with E-state index in [1.54, 1.807) is 46.9 Å². The molecule has 160 valence electrons. The predicted molar refractivity (Wildman–Crippen MR) is 119 cm³/mol. The van der Waals surface area contributed by atoms with E-state index in [0.717, 1.165) is 35.6 Å². The maximum atomic E-state index is 5.79. The van der Waals surface area contributed by atoms with E-state index in [4.69, 9.17) is 29.4 Å². The molecule has 2 atom stereocenters. The number of rotatable bonds is 9. The molecule has 1 aromatic carbocycles. The first kappa shape index (κ1) is 21.9. The van der Waals surface area contributed by atoms with E-state index >= 15 is 0 Å². The fraction of sp³-hybridized carbons (Fsp3) is 0.524. The number of nitrogens with two attached hydrogens (primary N) is 1. The molecule has 1 aromatic heterocycles. The summed E-state index contributed by atoms with van der Waals surface area (Å²) in [6, 6.07) is 4.10. The normalized spacial score (nSPS) is 18.6. The molecule has 0 radical (unpaired) electrons. The van der Waals surface area contributed by atoms with Crippen molar-refractivity contribution in [1.82, 2.24) is 0 Å². The van der Waals surface area contributed by atoms with Gasteiger partial charge in [0.2, 0.25) is 5.75 Å². The van der Waals surface area contributed by atoms with Gasteiger partial charge in [-0.05, 0) is 43.5 Å². The van der Waals surface area contributed by atoms with Gasteiger partial charge in [-0.2, -0.15) is 0 Å². The quantitative estimate of drug-likeness (QED) is 0.612. The summed E-state index contributed by atoms with van der Waals surface area (Å²) in [5, 5.41) is 0.684. The number of methoxy groups -OCH3 is 5. The first-order chi connectivity index (χ1) is 14.1. The molecular weight excluding hydrogens is 410 g/mol. The van der Waals surface area contributed by atoms with Crippen molar-refractivity contribution in [3.63, 3.8) is 0 Å². The number of hydrogen-bond donors (Lipinski definition) is 1. The summed E-state index contributed by atoms with van der Waals surface area (Å²) in [5.41, 5.74) is 6.96. The predicted octanol–water partition coefficient (Wildman–Crippen LogP) is 4.60. The third-order valence-electron chi connectivity index (χ3n) is 5.07. The lowest BCUT2D eigenvalue weighted by atomic mass is 10.0. The molecule has 0 unspecified atom stereocenters. The summed E-state index contributed by atoms with van der Waals surface area (Å²) < 4.78 is 27.9. The Hall–Kier alpha value is -1.77. The fourth-order valence-corrected chi connectivity index (χ4v) is 6.78. The van der Waals surface area contributed by atoms with Gasteiger partial charge in [0.15, 0.2) is 23.0 Å². The second-order valence-corrected chi connectivity index (χ2v) is 9.19. The van der Waals surface area contributed by atoms with Gasteiger partial charge in [-0.1, -0.05) is 0 Å². The van der Waals surface area contributed by atoms with E-state index in [0.29, 0.717) is 34.3 Å². The van der Waals surface area contributed by atoms with Crippen LogP contribution >= 0.6 is 23.1 Å². The van der Waals surface area contributed by atoms with E-state index < -0.39 is 0 Å². The lowest BCUT2D eigenvalue weighted by Gasteiger charge is -2.17. The number of hydrogen-bond acceptors (Lipinski definition) is 8. The minimum absolute atomic E-state index is 0.337. The first-order valence-electron chi connectivity index (χ1n) is 9.50. The topological polar surface area (TPSA) is 72.2 Å². The molecule has 0 aliphatic carbocycles. The maximum Gasteiger partial charge on any atom is 0.203 e. The number of thiophene rings is 1. The van der Waals surface area contributed by atoms with Crippen molar-refractivity contribution < 1.29 is 23.7 Å². The van der Waals surface area contributed by atoms with Gasteiger partial charge in [0.05, 0.1) is 45.3 Å². The summed E-state index contributed by atoms with van der Waals surface area (Å²) in [5.74, 6) is 3.67. The average Bonchev–Trinajstić information content (AvgIpc) is 3.37. The van der Waals surface area contributed by atoms with Crippen molar-refractivity contribution in [2.75, 3.05) is 42.1 Å². The van der Waals surface area contributed by atoms with Gasteiger partial charge in [-0.25, -0.2) is 0 Å². The third kappa shape index (κ3) is 4.25. The maximum absolute atomic E-state index is 5.79. The molecule has 3 rings (SSSR count).